The maximum atomic E-state index is 12.1. The first-order valence-electron chi connectivity index (χ1n) is 6.23. The molecule has 2 N–H and O–H groups in total. The molecule has 0 aliphatic carbocycles. The first kappa shape index (κ1) is 10.7. The van der Waals surface area contributed by atoms with Gasteiger partial charge in [-0.15, -0.1) is 0 Å². The summed E-state index contributed by atoms with van der Waals surface area (Å²) < 4.78 is 0. The highest BCUT2D eigenvalue weighted by molar-refractivity contribution is 5.92. The lowest BCUT2D eigenvalue weighted by Crippen LogP contribution is -2.33. The molecule has 3 rings (SSSR count). The largest absolute Gasteiger partial charge is 0.310 e. The summed E-state index contributed by atoms with van der Waals surface area (Å²) in [7, 11) is 0. The zero-order valence-electron chi connectivity index (χ0n) is 9.94. The topological polar surface area (TPSA) is 54.0 Å². The van der Waals surface area contributed by atoms with Gasteiger partial charge in [0.05, 0.1) is 5.92 Å². The molecule has 2 bridgehead atoms. The Labute approximate surface area is 101 Å². The number of nitrogens with zero attached hydrogens (tertiary/aromatic N) is 1. The van der Waals surface area contributed by atoms with E-state index in [1.807, 2.05) is 25.1 Å². The van der Waals surface area contributed by atoms with E-state index < -0.39 is 0 Å². The van der Waals surface area contributed by atoms with Crippen LogP contribution in [0.5, 0.6) is 0 Å². The van der Waals surface area contributed by atoms with E-state index >= 15 is 0 Å². The van der Waals surface area contributed by atoms with Gasteiger partial charge in [-0.05, 0) is 38.3 Å². The number of amides is 1. The Morgan fingerprint density at radius 1 is 1.47 bits per heavy atom. The second kappa shape index (κ2) is 4.11. The van der Waals surface area contributed by atoms with Gasteiger partial charge in [0, 0.05) is 17.8 Å². The van der Waals surface area contributed by atoms with Crippen LogP contribution in [0.1, 0.15) is 25.0 Å². The van der Waals surface area contributed by atoms with E-state index in [0.717, 1.165) is 18.5 Å². The van der Waals surface area contributed by atoms with Crippen LogP contribution in [0.4, 0.5) is 5.82 Å². The number of aryl methyl sites for hydroxylation is 1. The Bertz CT molecular complexity index is 446. The minimum Gasteiger partial charge on any atom is -0.310 e. The number of pyridine rings is 1. The summed E-state index contributed by atoms with van der Waals surface area (Å²) in [6.07, 6.45) is 3.32. The quantitative estimate of drug-likeness (QED) is 0.810. The number of carbonyl (C=O) groups is 1. The lowest BCUT2D eigenvalue weighted by atomic mass is 9.88. The number of carbonyl (C=O) groups excluding carboxylic acids is 1. The number of hydrogen-bond donors (Lipinski definition) is 2. The van der Waals surface area contributed by atoms with Gasteiger partial charge < -0.3 is 10.6 Å². The van der Waals surface area contributed by atoms with E-state index in [0.29, 0.717) is 17.9 Å². The molecule has 4 nitrogen and oxygen atoms in total. The van der Waals surface area contributed by atoms with Crippen LogP contribution in [0.2, 0.25) is 0 Å². The molecule has 0 aromatic carbocycles. The normalized spacial score (nSPS) is 30.5. The van der Waals surface area contributed by atoms with Crippen LogP contribution < -0.4 is 10.6 Å². The second-order valence-electron chi connectivity index (χ2n) is 5.04. The summed E-state index contributed by atoms with van der Waals surface area (Å²) in [5.41, 5.74) is 0.925. The summed E-state index contributed by atoms with van der Waals surface area (Å²) in [6, 6.07) is 6.61. The van der Waals surface area contributed by atoms with Crippen LogP contribution >= 0.6 is 0 Å². The third kappa shape index (κ3) is 2.05. The molecule has 3 heterocycles. The molecule has 1 aromatic rings. The number of hydrogen-bond acceptors (Lipinski definition) is 3. The van der Waals surface area contributed by atoms with Crippen molar-refractivity contribution < 1.29 is 4.79 Å². The summed E-state index contributed by atoms with van der Waals surface area (Å²) in [6.45, 7) is 1.93. The van der Waals surface area contributed by atoms with Crippen LogP contribution in [0.25, 0.3) is 0 Å². The smallest absolute Gasteiger partial charge is 0.230 e. The zero-order chi connectivity index (χ0) is 11.8. The van der Waals surface area contributed by atoms with Gasteiger partial charge in [0.25, 0.3) is 0 Å². The molecule has 17 heavy (non-hydrogen) atoms. The van der Waals surface area contributed by atoms with Gasteiger partial charge in [-0.2, -0.15) is 0 Å². The highest BCUT2D eigenvalue weighted by Crippen LogP contribution is 2.33. The van der Waals surface area contributed by atoms with Gasteiger partial charge in [-0.25, -0.2) is 4.98 Å². The summed E-state index contributed by atoms with van der Waals surface area (Å²) in [5, 5.41) is 6.39. The summed E-state index contributed by atoms with van der Waals surface area (Å²) >= 11 is 0. The molecule has 1 amide bonds. The van der Waals surface area contributed by atoms with Gasteiger partial charge in [-0.3, -0.25) is 4.79 Å². The molecule has 2 aliphatic heterocycles. The lowest BCUT2D eigenvalue weighted by Gasteiger charge is -2.19. The minimum absolute atomic E-state index is 0.114. The van der Waals surface area contributed by atoms with Crippen molar-refractivity contribution >= 4 is 11.7 Å². The van der Waals surface area contributed by atoms with Crippen molar-refractivity contribution in [2.75, 3.05) is 5.32 Å². The fraction of sp³-hybridized carbons (Fsp3) is 0.538. The first-order valence-corrected chi connectivity index (χ1v) is 6.23. The van der Waals surface area contributed by atoms with E-state index in [1.54, 1.807) is 0 Å². The Balaban J connectivity index is 1.68. The monoisotopic (exact) mass is 231 g/mol. The number of nitrogens with one attached hydrogen (secondary N) is 2. The maximum absolute atomic E-state index is 12.1. The molecular formula is C13H17N3O. The molecule has 2 fully saturated rings. The number of aromatic nitrogens is 1. The van der Waals surface area contributed by atoms with Crippen molar-refractivity contribution in [3.63, 3.8) is 0 Å². The molecule has 1 aromatic heterocycles. The average Bonchev–Trinajstić information content (AvgIpc) is 2.90. The Morgan fingerprint density at radius 3 is 3.00 bits per heavy atom. The van der Waals surface area contributed by atoms with Crippen LogP contribution in [0, 0.1) is 12.8 Å². The number of fused-ring (bicyclic) bond motifs is 2. The molecule has 2 aliphatic rings. The molecule has 90 valence electrons. The fourth-order valence-electron chi connectivity index (χ4n) is 2.95. The van der Waals surface area contributed by atoms with E-state index in [4.69, 9.17) is 0 Å². The Kier molecular flexibility index (Phi) is 2.59. The zero-order valence-corrected chi connectivity index (χ0v) is 9.94. The van der Waals surface area contributed by atoms with Gasteiger partial charge in [0.15, 0.2) is 0 Å². The summed E-state index contributed by atoms with van der Waals surface area (Å²) in [4.78, 5) is 16.4. The molecule has 0 radical (unpaired) electrons. The van der Waals surface area contributed by atoms with E-state index in [2.05, 4.69) is 15.6 Å². The van der Waals surface area contributed by atoms with Gasteiger partial charge in [-0.1, -0.05) is 6.07 Å². The molecular weight excluding hydrogens is 214 g/mol. The fourth-order valence-corrected chi connectivity index (χ4v) is 2.95. The second-order valence-corrected chi connectivity index (χ2v) is 5.04. The molecule has 4 heteroatoms. The van der Waals surface area contributed by atoms with E-state index in [-0.39, 0.29) is 11.8 Å². The average molecular weight is 231 g/mol. The van der Waals surface area contributed by atoms with E-state index in [9.17, 15) is 4.79 Å². The van der Waals surface area contributed by atoms with Crippen LogP contribution in [0.15, 0.2) is 18.2 Å². The predicted octanol–water partition coefficient (Wildman–Crippen LogP) is 1.47. The van der Waals surface area contributed by atoms with Crippen molar-refractivity contribution in [1.82, 2.24) is 10.3 Å². The molecule has 0 saturated carbocycles. The third-order valence-corrected chi connectivity index (χ3v) is 3.78. The van der Waals surface area contributed by atoms with Crippen molar-refractivity contribution in [1.29, 1.82) is 0 Å². The van der Waals surface area contributed by atoms with Crippen molar-refractivity contribution in [3.8, 4) is 0 Å². The van der Waals surface area contributed by atoms with Crippen molar-refractivity contribution in [3.05, 3.63) is 23.9 Å². The van der Waals surface area contributed by atoms with Crippen LogP contribution in [-0.2, 0) is 4.79 Å². The SMILES string of the molecule is Cc1cccc(NC(=O)C2CC3CCC2N3)n1. The third-order valence-electron chi connectivity index (χ3n) is 3.78. The standard InChI is InChI=1S/C13H17N3O/c1-8-3-2-4-12(14-8)16-13(17)10-7-9-5-6-11(10)15-9/h2-4,9-11,15H,5-7H2,1H3,(H,14,16,17). The van der Waals surface area contributed by atoms with Crippen molar-refractivity contribution in [2.24, 2.45) is 5.92 Å². The highest BCUT2D eigenvalue weighted by Gasteiger charge is 2.42. The minimum atomic E-state index is 0.114. The van der Waals surface area contributed by atoms with Gasteiger partial charge >= 0.3 is 0 Å². The Morgan fingerprint density at radius 2 is 2.35 bits per heavy atom. The number of rotatable bonds is 2. The Hall–Kier alpha value is -1.42. The predicted molar refractivity (Wildman–Crippen MR) is 65.7 cm³/mol. The number of anilines is 1. The first-order chi connectivity index (χ1) is 8.22. The maximum Gasteiger partial charge on any atom is 0.230 e. The van der Waals surface area contributed by atoms with Crippen LogP contribution in [-0.4, -0.2) is 23.0 Å². The van der Waals surface area contributed by atoms with Crippen molar-refractivity contribution in [2.45, 2.75) is 38.3 Å². The van der Waals surface area contributed by atoms with Gasteiger partial charge in [0.1, 0.15) is 5.82 Å². The lowest BCUT2D eigenvalue weighted by molar-refractivity contribution is -0.120. The van der Waals surface area contributed by atoms with Gasteiger partial charge in [0.2, 0.25) is 5.91 Å². The van der Waals surface area contributed by atoms with Crippen LogP contribution in [0.3, 0.4) is 0 Å². The highest BCUT2D eigenvalue weighted by atomic mass is 16.2. The molecule has 2 saturated heterocycles. The molecule has 0 spiro atoms. The molecule has 3 unspecified atom stereocenters. The molecule has 3 atom stereocenters. The van der Waals surface area contributed by atoms with E-state index in [1.165, 1.54) is 6.42 Å². The summed E-state index contributed by atoms with van der Waals surface area (Å²) in [5.74, 6) is 0.900.